The molecule has 0 aliphatic carbocycles. The van der Waals surface area contributed by atoms with E-state index in [1.807, 2.05) is 24.3 Å². The van der Waals surface area contributed by atoms with Crippen LogP contribution in [0.15, 0.2) is 42.5 Å². The van der Waals surface area contributed by atoms with Crippen LogP contribution >= 0.6 is 11.6 Å². The van der Waals surface area contributed by atoms with Gasteiger partial charge in [0.2, 0.25) is 0 Å². The van der Waals surface area contributed by atoms with Gasteiger partial charge in [0.1, 0.15) is 5.75 Å². The van der Waals surface area contributed by atoms with Crippen LogP contribution in [0.25, 0.3) is 11.1 Å². The molecule has 0 saturated carbocycles. The Balaban J connectivity index is 2.58. The third-order valence-electron chi connectivity index (χ3n) is 2.49. The third kappa shape index (κ3) is 2.20. The standard InChI is InChI=1S/C14H13ClO/c1-10-4-3-5-11(8-10)13-9-12(15)6-7-14(13)16-2/h3-9H,1-2H3. The number of hydrogen-bond acceptors (Lipinski definition) is 1. The number of ether oxygens (including phenoxy) is 1. The van der Waals surface area contributed by atoms with Crippen molar-refractivity contribution >= 4 is 11.6 Å². The van der Waals surface area contributed by atoms with Crippen molar-refractivity contribution in [3.63, 3.8) is 0 Å². The summed E-state index contributed by atoms with van der Waals surface area (Å²) in [5, 5.41) is 0.720. The Hall–Kier alpha value is -1.47. The van der Waals surface area contributed by atoms with Gasteiger partial charge in [0, 0.05) is 10.6 Å². The largest absolute Gasteiger partial charge is 0.496 e. The molecular weight excluding hydrogens is 220 g/mol. The van der Waals surface area contributed by atoms with E-state index in [4.69, 9.17) is 16.3 Å². The Labute approximate surface area is 101 Å². The molecule has 0 fully saturated rings. The Morgan fingerprint density at radius 3 is 2.56 bits per heavy atom. The lowest BCUT2D eigenvalue weighted by Gasteiger charge is -2.09. The fourth-order valence-corrected chi connectivity index (χ4v) is 1.89. The molecule has 0 aliphatic rings. The number of benzene rings is 2. The minimum Gasteiger partial charge on any atom is -0.496 e. The van der Waals surface area contributed by atoms with E-state index in [-0.39, 0.29) is 0 Å². The first-order valence-corrected chi connectivity index (χ1v) is 5.49. The molecule has 0 N–H and O–H groups in total. The second-order valence-corrected chi connectivity index (χ2v) is 4.15. The molecular formula is C14H13ClO. The minimum absolute atomic E-state index is 0.720. The van der Waals surface area contributed by atoms with E-state index in [1.54, 1.807) is 7.11 Å². The first-order chi connectivity index (χ1) is 7.70. The van der Waals surface area contributed by atoms with Crippen LogP contribution in [0.1, 0.15) is 5.56 Å². The number of halogens is 1. The molecule has 0 heterocycles. The number of aryl methyl sites for hydroxylation is 1. The quantitative estimate of drug-likeness (QED) is 0.749. The molecule has 0 unspecified atom stereocenters. The maximum absolute atomic E-state index is 6.01. The van der Waals surface area contributed by atoms with Crippen molar-refractivity contribution < 1.29 is 4.74 Å². The van der Waals surface area contributed by atoms with Gasteiger partial charge in [0.25, 0.3) is 0 Å². The van der Waals surface area contributed by atoms with Crippen LogP contribution < -0.4 is 4.74 Å². The predicted molar refractivity (Wildman–Crippen MR) is 68.2 cm³/mol. The summed E-state index contributed by atoms with van der Waals surface area (Å²) in [6, 6.07) is 13.9. The van der Waals surface area contributed by atoms with E-state index in [0.29, 0.717) is 0 Å². The van der Waals surface area contributed by atoms with Crippen molar-refractivity contribution in [1.82, 2.24) is 0 Å². The van der Waals surface area contributed by atoms with Crippen LogP contribution in [0.3, 0.4) is 0 Å². The smallest absolute Gasteiger partial charge is 0.126 e. The SMILES string of the molecule is COc1ccc(Cl)cc1-c1cccc(C)c1. The third-order valence-corrected chi connectivity index (χ3v) is 2.73. The summed E-state index contributed by atoms with van der Waals surface area (Å²) in [5.74, 6) is 0.843. The number of methoxy groups -OCH3 is 1. The molecule has 0 atom stereocenters. The lowest BCUT2D eigenvalue weighted by atomic mass is 10.0. The van der Waals surface area contributed by atoms with Gasteiger partial charge in [-0.05, 0) is 30.7 Å². The van der Waals surface area contributed by atoms with Crippen LogP contribution in [0.4, 0.5) is 0 Å². The molecule has 0 radical (unpaired) electrons. The molecule has 2 aromatic carbocycles. The van der Waals surface area contributed by atoms with Crippen molar-refractivity contribution in [2.75, 3.05) is 7.11 Å². The van der Waals surface area contributed by atoms with Gasteiger partial charge in [-0.15, -0.1) is 0 Å². The molecule has 2 aromatic rings. The predicted octanol–water partition coefficient (Wildman–Crippen LogP) is 4.32. The van der Waals surface area contributed by atoms with Gasteiger partial charge in [0.05, 0.1) is 7.11 Å². The fraction of sp³-hybridized carbons (Fsp3) is 0.143. The van der Waals surface area contributed by atoms with Crippen molar-refractivity contribution in [1.29, 1.82) is 0 Å². The Morgan fingerprint density at radius 1 is 1.06 bits per heavy atom. The summed E-state index contributed by atoms with van der Waals surface area (Å²) in [6.45, 7) is 2.07. The highest BCUT2D eigenvalue weighted by Crippen LogP contribution is 2.32. The highest BCUT2D eigenvalue weighted by Gasteiger charge is 2.06. The summed E-state index contributed by atoms with van der Waals surface area (Å²) in [7, 11) is 1.67. The lowest BCUT2D eigenvalue weighted by Crippen LogP contribution is -1.88. The highest BCUT2D eigenvalue weighted by molar-refractivity contribution is 6.31. The zero-order valence-electron chi connectivity index (χ0n) is 9.33. The maximum atomic E-state index is 6.01. The summed E-state index contributed by atoms with van der Waals surface area (Å²) in [4.78, 5) is 0. The number of rotatable bonds is 2. The van der Waals surface area contributed by atoms with E-state index >= 15 is 0 Å². The molecule has 2 heteroatoms. The molecule has 0 saturated heterocycles. The number of hydrogen-bond donors (Lipinski definition) is 0. The summed E-state index contributed by atoms with van der Waals surface area (Å²) in [5.41, 5.74) is 3.37. The second kappa shape index (κ2) is 4.58. The zero-order chi connectivity index (χ0) is 11.5. The van der Waals surface area contributed by atoms with Gasteiger partial charge >= 0.3 is 0 Å². The molecule has 0 aliphatic heterocycles. The zero-order valence-corrected chi connectivity index (χ0v) is 10.1. The molecule has 0 aromatic heterocycles. The van der Waals surface area contributed by atoms with Gasteiger partial charge < -0.3 is 4.74 Å². The summed E-state index contributed by atoms with van der Waals surface area (Å²) < 4.78 is 5.34. The van der Waals surface area contributed by atoms with Crippen molar-refractivity contribution in [2.45, 2.75) is 6.92 Å². The van der Waals surface area contributed by atoms with Gasteiger partial charge in [0.15, 0.2) is 0 Å². The first kappa shape index (κ1) is 11.0. The van der Waals surface area contributed by atoms with Crippen molar-refractivity contribution in [3.05, 3.63) is 53.1 Å². The van der Waals surface area contributed by atoms with Crippen LogP contribution in [0.5, 0.6) is 5.75 Å². The average molecular weight is 233 g/mol. The van der Waals surface area contributed by atoms with Gasteiger partial charge in [-0.2, -0.15) is 0 Å². The van der Waals surface area contributed by atoms with Crippen molar-refractivity contribution in [2.24, 2.45) is 0 Å². The lowest BCUT2D eigenvalue weighted by molar-refractivity contribution is 0.416. The van der Waals surface area contributed by atoms with Gasteiger partial charge in [-0.1, -0.05) is 41.4 Å². The Bertz CT molecular complexity index is 506. The van der Waals surface area contributed by atoms with E-state index in [1.165, 1.54) is 5.56 Å². The average Bonchev–Trinajstić information content (AvgIpc) is 2.29. The fourth-order valence-electron chi connectivity index (χ4n) is 1.72. The molecule has 82 valence electrons. The van der Waals surface area contributed by atoms with E-state index < -0.39 is 0 Å². The van der Waals surface area contributed by atoms with E-state index in [9.17, 15) is 0 Å². The monoisotopic (exact) mass is 232 g/mol. The first-order valence-electron chi connectivity index (χ1n) is 5.11. The maximum Gasteiger partial charge on any atom is 0.126 e. The van der Waals surface area contributed by atoms with Crippen LogP contribution in [-0.4, -0.2) is 7.11 Å². The molecule has 1 nitrogen and oxygen atoms in total. The second-order valence-electron chi connectivity index (χ2n) is 3.71. The topological polar surface area (TPSA) is 9.23 Å². The molecule has 0 spiro atoms. The van der Waals surface area contributed by atoms with E-state index in [0.717, 1.165) is 21.9 Å². The van der Waals surface area contributed by atoms with Gasteiger partial charge in [-0.25, -0.2) is 0 Å². The normalized spacial score (nSPS) is 10.2. The van der Waals surface area contributed by atoms with E-state index in [2.05, 4.69) is 25.1 Å². The Kier molecular flexibility index (Phi) is 3.16. The van der Waals surface area contributed by atoms with Crippen LogP contribution in [0, 0.1) is 6.92 Å². The molecule has 2 rings (SSSR count). The summed E-state index contributed by atoms with van der Waals surface area (Å²) in [6.07, 6.45) is 0. The highest BCUT2D eigenvalue weighted by atomic mass is 35.5. The molecule has 16 heavy (non-hydrogen) atoms. The molecule has 0 amide bonds. The van der Waals surface area contributed by atoms with Crippen LogP contribution in [0.2, 0.25) is 5.02 Å². The summed E-state index contributed by atoms with van der Waals surface area (Å²) >= 11 is 6.01. The van der Waals surface area contributed by atoms with Crippen molar-refractivity contribution in [3.8, 4) is 16.9 Å². The van der Waals surface area contributed by atoms with Crippen LogP contribution in [-0.2, 0) is 0 Å². The molecule has 0 bridgehead atoms. The minimum atomic E-state index is 0.720. The van der Waals surface area contributed by atoms with Gasteiger partial charge in [-0.3, -0.25) is 0 Å². The Morgan fingerprint density at radius 2 is 1.88 bits per heavy atom.